The Morgan fingerprint density at radius 3 is 2.57 bits per heavy atom. The van der Waals surface area contributed by atoms with Crippen molar-refractivity contribution in [3.05, 3.63) is 10.4 Å². The Bertz CT molecular complexity index is 593. The predicted molar refractivity (Wildman–Crippen MR) is 83.4 cm³/mol. The molecule has 0 unspecified atom stereocenters. The molecule has 7 heteroatoms. The molecule has 112 valence electrons. The summed E-state index contributed by atoms with van der Waals surface area (Å²) in [6, 6.07) is 2.65. The Morgan fingerprint density at radius 1 is 1.33 bits per heavy atom. The third-order valence-corrected chi connectivity index (χ3v) is 5.25. The summed E-state index contributed by atoms with van der Waals surface area (Å²) in [6.07, 6.45) is 3.84. The van der Waals surface area contributed by atoms with Crippen molar-refractivity contribution in [3.8, 4) is 6.07 Å². The molecule has 1 saturated carbocycles. The maximum absolute atomic E-state index is 12.2. The van der Waals surface area contributed by atoms with Gasteiger partial charge in [0.15, 0.2) is 0 Å². The van der Waals surface area contributed by atoms with E-state index in [1.807, 2.05) is 0 Å². The van der Waals surface area contributed by atoms with Crippen LogP contribution in [0.1, 0.15) is 40.9 Å². The van der Waals surface area contributed by atoms with Crippen LogP contribution in [0.3, 0.4) is 0 Å². The van der Waals surface area contributed by atoms with E-state index in [1.165, 1.54) is 11.3 Å². The Balaban J connectivity index is 1.86. The van der Waals surface area contributed by atoms with Crippen LogP contribution in [0.4, 0.5) is 10.7 Å². The number of rotatable bonds is 3. The lowest BCUT2D eigenvalue weighted by Crippen LogP contribution is -2.39. The zero-order valence-electron chi connectivity index (χ0n) is 11.8. The van der Waals surface area contributed by atoms with Gasteiger partial charge in [-0.1, -0.05) is 0 Å². The van der Waals surface area contributed by atoms with E-state index in [-0.39, 0.29) is 18.0 Å². The molecule has 0 radical (unpaired) electrons. The normalized spacial score (nSPS) is 19.3. The fourth-order valence-electron chi connectivity index (χ4n) is 2.51. The van der Waals surface area contributed by atoms with Crippen LogP contribution in [-0.4, -0.2) is 31.1 Å². The third kappa shape index (κ3) is 2.82. The highest BCUT2D eigenvalue weighted by Gasteiger charge is 2.29. The molecule has 2 fully saturated rings. The van der Waals surface area contributed by atoms with Crippen molar-refractivity contribution in [2.45, 2.75) is 37.8 Å². The number of thiophene rings is 1. The van der Waals surface area contributed by atoms with Crippen LogP contribution in [0.2, 0.25) is 0 Å². The fraction of sp³-hybridized carbons (Fsp3) is 0.571. The highest BCUT2D eigenvalue weighted by atomic mass is 32.1. The highest BCUT2D eigenvalue weighted by Crippen LogP contribution is 2.39. The molecule has 2 aliphatic rings. The van der Waals surface area contributed by atoms with Gasteiger partial charge < -0.3 is 21.7 Å². The number of piperidine rings is 1. The minimum absolute atomic E-state index is 0.156. The van der Waals surface area contributed by atoms with Gasteiger partial charge in [-0.05, 0) is 25.7 Å². The minimum atomic E-state index is -0.156. The van der Waals surface area contributed by atoms with Gasteiger partial charge in [0.2, 0.25) is 0 Å². The first kappa shape index (κ1) is 14.2. The largest absolute Gasteiger partial charge is 0.396 e. The van der Waals surface area contributed by atoms with E-state index in [0.29, 0.717) is 16.1 Å². The van der Waals surface area contributed by atoms with Gasteiger partial charge in [0.05, 0.1) is 5.69 Å². The molecule has 1 aliphatic carbocycles. The molecule has 0 atom stereocenters. The zero-order chi connectivity index (χ0) is 15.0. The molecule has 21 heavy (non-hydrogen) atoms. The van der Waals surface area contributed by atoms with Crippen LogP contribution < -0.4 is 21.7 Å². The van der Waals surface area contributed by atoms with E-state index >= 15 is 0 Å². The number of amides is 1. The molecular formula is C14H19N5OS. The number of nitrogen functional groups attached to an aromatic ring is 1. The van der Waals surface area contributed by atoms with Gasteiger partial charge in [-0.15, -0.1) is 11.3 Å². The summed E-state index contributed by atoms with van der Waals surface area (Å²) >= 11 is 1.32. The summed E-state index contributed by atoms with van der Waals surface area (Å²) in [7, 11) is 0. The third-order valence-electron chi connectivity index (χ3n) is 3.98. The van der Waals surface area contributed by atoms with Gasteiger partial charge >= 0.3 is 0 Å². The molecule has 2 heterocycles. The lowest BCUT2D eigenvalue weighted by Gasteiger charge is -2.31. The number of carbonyl (C=O) groups excluding carboxylic acids is 1. The molecule has 1 aromatic heterocycles. The van der Waals surface area contributed by atoms with Gasteiger partial charge in [0.25, 0.3) is 5.91 Å². The Hall–Kier alpha value is -1.78. The average Bonchev–Trinajstić information content (AvgIpc) is 3.21. The van der Waals surface area contributed by atoms with Crippen molar-refractivity contribution in [2.75, 3.05) is 23.7 Å². The van der Waals surface area contributed by atoms with Gasteiger partial charge in [-0.3, -0.25) is 4.79 Å². The summed E-state index contributed by atoms with van der Waals surface area (Å²) in [5, 5.41) is 13.1. The quantitative estimate of drug-likeness (QED) is 0.772. The molecule has 1 aromatic rings. The van der Waals surface area contributed by atoms with Gasteiger partial charge in [0.1, 0.15) is 21.5 Å². The molecule has 0 aromatic carbocycles. The number of nitrogens with one attached hydrogen (secondary N) is 1. The number of anilines is 2. The topological polar surface area (TPSA) is 108 Å². The lowest BCUT2D eigenvalue weighted by molar-refractivity contribution is 0.0956. The number of hydrogen-bond acceptors (Lipinski definition) is 6. The van der Waals surface area contributed by atoms with Crippen molar-refractivity contribution in [3.63, 3.8) is 0 Å². The van der Waals surface area contributed by atoms with Gasteiger partial charge in [0, 0.05) is 25.2 Å². The van der Waals surface area contributed by atoms with E-state index in [1.54, 1.807) is 0 Å². The summed E-state index contributed by atoms with van der Waals surface area (Å²) in [5.41, 5.74) is 12.7. The van der Waals surface area contributed by atoms with Crippen molar-refractivity contribution in [2.24, 2.45) is 5.73 Å². The van der Waals surface area contributed by atoms with E-state index < -0.39 is 0 Å². The number of nitriles is 1. The molecule has 1 aliphatic heterocycles. The summed E-state index contributed by atoms with van der Waals surface area (Å²) in [5.74, 6) is -0.156. The van der Waals surface area contributed by atoms with E-state index in [0.717, 1.165) is 43.8 Å². The number of hydrogen-bond donors (Lipinski definition) is 3. The van der Waals surface area contributed by atoms with Crippen molar-refractivity contribution >= 4 is 27.9 Å². The summed E-state index contributed by atoms with van der Waals surface area (Å²) in [6.45, 7) is 1.61. The average molecular weight is 305 g/mol. The van der Waals surface area contributed by atoms with Crippen LogP contribution in [0.5, 0.6) is 0 Å². The monoisotopic (exact) mass is 305 g/mol. The Kier molecular flexibility index (Phi) is 3.74. The molecule has 0 bridgehead atoms. The standard InChI is InChI=1S/C14H19N5OS/c15-7-10-11(17)12(13(20)18-9-1-2-9)21-14(10)19-5-3-8(16)4-6-19/h8-9H,1-6,16-17H2,(H,18,20). The van der Waals surface area contributed by atoms with Crippen LogP contribution in [0.15, 0.2) is 0 Å². The fourth-order valence-corrected chi connectivity index (χ4v) is 3.64. The number of nitrogens with zero attached hydrogens (tertiary/aromatic N) is 2. The van der Waals surface area contributed by atoms with Crippen molar-refractivity contribution in [1.29, 1.82) is 5.26 Å². The first-order valence-corrected chi connectivity index (χ1v) is 8.05. The molecule has 3 rings (SSSR count). The van der Waals surface area contributed by atoms with Gasteiger partial charge in [-0.2, -0.15) is 5.26 Å². The second-order valence-corrected chi connectivity index (χ2v) is 6.71. The molecule has 6 nitrogen and oxygen atoms in total. The van der Waals surface area contributed by atoms with E-state index in [9.17, 15) is 10.1 Å². The maximum Gasteiger partial charge on any atom is 0.263 e. The highest BCUT2D eigenvalue weighted by molar-refractivity contribution is 7.19. The van der Waals surface area contributed by atoms with Crippen molar-refractivity contribution < 1.29 is 4.79 Å². The molecule has 1 amide bonds. The molecular weight excluding hydrogens is 286 g/mol. The van der Waals surface area contributed by atoms with Crippen LogP contribution >= 0.6 is 11.3 Å². The second kappa shape index (κ2) is 5.54. The van der Waals surface area contributed by atoms with E-state index in [4.69, 9.17) is 11.5 Å². The minimum Gasteiger partial charge on any atom is -0.396 e. The van der Waals surface area contributed by atoms with E-state index in [2.05, 4.69) is 16.3 Å². The molecule has 5 N–H and O–H groups in total. The van der Waals surface area contributed by atoms with Crippen LogP contribution in [0.25, 0.3) is 0 Å². The Labute approximate surface area is 127 Å². The van der Waals surface area contributed by atoms with Gasteiger partial charge in [-0.25, -0.2) is 0 Å². The zero-order valence-corrected chi connectivity index (χ0v) is 12.6. The molecule has 0 spiro atoms. The first-order chi connectivity index (χ1) is 10.1. The SMILES string of the molecule is N#Cc1c(N2CCC(N)CC2)sc(C(=O)NC2CC2)c1N. The summed E-state index contributed by atoms with van der Waals surface area (Å²) in [4.78, 5) is 14.8. The molecule has 1 saturated heterocycles. The predicted octanol–water partition coefficient (Wildman–Crippen LogP) is 1.02. The second-order valence-electron chi connectivity index (χ2n) is 5.71. The summed E-state index contributed by atoms with van der Waals surface area (Å²) < 4.78 is 0. The number of carbonyl (C=O) groups is 1. The number of nitrogens with two attached hydrogens (primary N) is 2. The van der Waals surface area contributed by atoms with Crippen LogP contribution in [0, 0.1) is 11.3 Å². The first-order valence-electron chi connectivity index (χ1n) is 7.24. The Morgan fingerprint density at radius 2 is 2.00 bits per heavy atom. The van der Waals surface area contributed by atoms with Crippen molar-refractivity contribution in [1.82, 2.24) is 5.32 Å². The smallest absolute Gasteiger partial charge is 0.263 e. The lowest BCUT2D eigenvalue weighted by atomic mass is 10.1. The van der Waals surface area contributed by atoms with Crippen LogP contribution in [-0.2, 0) is 0 Å². The maximum atomic E-state index is 12.2.